The fraction of sp³-hybridized carbons (Fsp3) is 0.471. The van der Waals surface area contributed by atoms with Crippen molar-refractivity contribution in [2.75, 3.05) is 30.4 Å². The van der Waals surface area contributed by atoms with E-state index in [0.29, 0.717) is 13.2 Å². The lowest BCUT2D eigenvalue weighted by atomic mass is 9.81. The molecule has 4 rings (SSSR count). The van der Waals surface area contributed by atoms with Crippen molar-refractivity contribution in [3.63, 3.8) is 0 Å². The molecular formula is C17H21N5O2. The number of hydrogen-bond acceptors (Lipinski definition) is 5. The summed E-state index contributed by atoms with van der Waals surface area (Å²) in [7, 11) is 1.65. The van der Waals surface area contributed by atoms with E-state index in [9.17, 15) is 4.79 Å². The van der Waals surface area contributed by atoms with E-state index in [4.69, 9.17) is 4.74 Å². The van der Waals surface area contributed by atoms with Gasteiger partial charge in [0.2, 0.25) is 11.9 Å². The van der Waals surface area contributed by atoms with Gasteiger partial charge < -0.3 is 15.0 Å². The quantitative estimate of drug-likeness (QED) is 0.922. The molecule has 126 valence electrons. The highest BCUT2D eigenvalue weighted by Gasteiger charge is 2.51. The van der Waals surface area contributed by atoms with Crippen molar-refractivity contribution >= 4 is 17.5 Å². The molecule has 0 saturated carbocycles. The topological polar surface area (TPSA) is 72.3 Å². The predicted molar refractivity (Wildman–Crippen MR) is 90.0 cm³/mol. The Labute approximate surface area is 140 Å². The minimum absolute atomic E-state index is 0.0888. The van der Waals surface area contributed by atoms with Gasteiger partial charge in [0.25, 0.3) is 0 Å². The summed E-state index contributed by atoms with van der Waals surface area (Å²) in [5, 5.41) is 11.6. The summed E-state index contributed by atoms with van der Waals surface area (Å²) in [6, 6.07) is 7.97. The van der Waals surface area contributed by atoms with E-state index in [1.165, 1.54) is 0 Å². The molecule has 2 aliphatic heterocycles. The van der Waals surface area contributed by atoms with Crippen LogP contribution in [-0.2, 0) is 28.1 Å². The Balaban J connectivity index is 1.67. The first kappa shape index (κ1) is 15.1. The van der Waals surface area contributed by atoms with Gasteiger partial charge in [-0.05, 0) is 25.0 Å². The largest absolute Gasteiger partial charge is 0.377 e. The van der Waals surface area contributed by atoms with Gasteiger partial charge in [-0.25, -0.2) is 0 Å². The zero-order valence-electron chi connectivity index (χ0n) is 14.0. The van der Waals surface area contributed by atoms with Crippen LogP contribution in [0.15, 0.2) is 24.3 Å². The Morgan fingerprint density at radius 1 is 1.33 bits per heavy atom. The van der Waals surface area contributed by atoms with E-state index in [-0.39, 0.29) is 5.91 Å². The molecular weight excluding hydrogens is 306 g/mol. The highest BCUT2D eigenvalue weighted by Crippen LogP contribution is 2.44. The summed E-state index contributed by atoms with van der Waals surface area (Å²) in [5.74, 6) is 1.72. The summed E-state index contributed by atoms with van der Waals surface area (Å²) >= 11 is 0. The van der Waals surface area contributed by atoms with Crippen LogP contribution in [0.1, 0.15) is 24.7 Å². The second kappa shape index (κ2) is 5.59. The number of nitrogens with one attached hydrogen (secondary N) is 1. The number of carbonyl (C=O) groups is 1. The summed E-state index contributed by atoms with van der Waals surface area (Å²) in [6.07, 6.45) is 0.784. The van der Waals surface area contributed by atoms with Crippen LogP contribution in [0.2, 0.25) is 0 Å². The Morgan fingerprint density at radius 3 is 2.96 bits per heavy atom. The van der Waals surface area contributed by atoms with E-state index < -0.39 is 5.41 Å². The third-order valence-corrected chi connectivity index (χ3v) is 5.08. The zero-order valence-corrected chi connectivity index (χ0v) is 14.0. The lowest BCUT2D eigenvalue weighted by Crippen LogP contribution is -2.38. The monoisotopic (exact) mass is 327 g/mol. The van der Waals surface area contributed by atoms with Crippen molar-refractivity contribution in [2.45, 2.75) is 31.9 Å². The Morgan fingerprint density at radius 2 is 2.17 bits per heavy atom. The molecule has 3 heterocycles. The van der Waals surface area contributed by atoms with Crippen LogP contribution >= 0.6 is 0 Å². The van der Waals surface area contributed by atoms with Gasteiger partial charge in [0, 0.05) is 32.4 Å². The van der Waals surface area contributed by atoms with E-state index >= 15 is 0 Å². The average molecular weight is 327 g/mol. The molecule has 2 aliphatic rings. The van der Waals surface area contributed by atoms with Crippen LogP contribution in [0, 0.1) is 0 Å². The van der Waals surface area contributed by atoms with Gasteiger partial charge in [0.05, 0.1) is 5.41 Å². The highest BCUT2D eigenvalue weighted by molar-refractivity contribution is 6.07. The second-order valence-corrected chi connectivity index (χ2v) is 6.35. The van der Waals surface area contributed by atoms with Gasteiger partial charge in [-0.2, -0.15) is 0 Å². The molecule has 1 saturated heterocycles. The van der Waals surface area contributed by atoms with Crippen LogP contribution in [0.4, 0.5) is 11.6 Å². The number of nitrogens with zero attached hydrogens (tertiary/aromatic N) is 4. The van der Waals surface area contributed by atoms with E-state index in [2.05, 4.69) is 38.0 Å². The lowest BCUT2D eigenvalue weighted by molar-refractivity contribution is -0.120. The summed E-state index contributed by atoms with van der Waals surface area (Å²) in [4.78, 5) is 14.9. The van der Waals surface area contributed by atoms with Crippen LogP contribution in [0.3, 0.4) is 0 Å². The molecule has 1 amide bonds. The molecule has 7 nitrogen and oxygen atoms in total. The Bertz CT molecular complexity index is 787. The summed E-state index contributed by atoms with van der Waals surface area (Å²) < 4.78 is 7.25. The maximum atomic E-state index is 12.7. The van der Waals surface area contributed by atoms with Crippen molar-refractivity contribution in [3.05, 3.63) is 35.7 Å². The number of rotatable bonds is 4. The third kappa shape index (κ3) is 2.04. The van der Waals surface area contributed by atoms with Crippen molar-refractivity contribution in [1.82, 2.24) is 14.8 Å². The fourth-order valence-electron chi connectivity index (χ4n) is 3.88. The van der Waals surface area contributed by atoms with Gasteiger partial charge in [-0.3, -0.25) is 9.36 Å². The molecule has 1 aromatic heterocycles. The molecule has 1 N–H and O–H groups in total. The van der Waals surface area contributed by atoms with Gasteiger partial charge in [0.1, 0.15) is 6.61 Å². The van der Waals surface area contributed by atoms with Crippen LogP contribution in [-0.4, -0.2) is 40.9 Å². The SMILES string of the molecule is CCn1c(COC)nnc1N1CCC2(C1)C(=O)Nc1ccccc12. The molecule has 0 radical (unpaired) electrons. The number of ether oxygens (including phenoxy) is 1. The highest BCUT2D eigenvalue weighted by atomic mass is 16.5. The minimum Gasteiger partial charge on any atom is -0.377 e. The molecule has 24 heavy (non-hydrogen) atoms. The first-order valence-corrected chi connectivity index (χ1v) is 8.26. The number of amides is 1. The Kier molecular flexibility index (Phi) is 3.53. The molecule has 7 heteroatoms. The molecule has 1 spiro atoms. The molecule has 1 aromatic carbocycles. The number of methoxy groups -OCH3 is 1. The van der Waals surface area contributed by atoms with Crippen LogP contribution in [0.5, 0.6) is 0 Å². The zero-order chi connectivity index (χ0) is 16.7. The van der Waals surface area contributed by atoms with E-state index in [1.807, 2.05) is 18.2 Å². The van der Waals surface area contributed by atoms with Crippen LogP contribution < -0.4 is 10.2 Å². The van der Waals surface area contributed by atoms with Gasteiger partial charge in [-0.1, -0.05) is 18.2 Å². The number of hydrogen-bond donors (Lipinski definition) is 1. The first-order valence-electron chi connectivity index (χ1n) is 8.26. The van der Waals surface area contributed by atoms with Gasteiger partial charge in [-0.15, -0.1) is 10.2 Å². The standard InChI is InChI=1S/C17H21N5O2/c1-3-22-14(10-24-2)19-20-16(22)21-9-8-17(11-21)12-6-4-5-7-13(12)18-15(17)23/h4-7H,3,8-11H2,1-2H3,(H,18,23). The number of benzene rings is 1. The lowest BCUT2D eigenvalue weighted by Gasteiger charge is -2.23. The van der Waals surface area contributed by atoms with Crippen molar-refractivity contribution in [3.8, 4) is 0 Å². The maximum absolute atomic E-state index is 12.7. The predicted octanol–water partition coefficient (Wildman–Crippen LogP) is 1.54. The number of carbonyl (C=O) groups excluding carboxylic acids is 1. The number of aromatic nitrogens is 3. The van der Waals surface area contributed by atoms with Crippen molar-refractivity contribution in [2.24, 2.45) is 0 Å². The molecule has 1 fully saturated rings. The van der Waals surface area contributed by atoms with Gasteiger partial charge in [0.15, 0.2) is 5.82 Å². The van der Waals surface area contributed by atoms with E-state index in [0.717, 1.165) is 42.5 Å². The second-order valence-electron chi connectivity index (χ2n) is 6.35. The number of para-hydroxylation sites is 1. The van der Waals surface area contributed by atoms with Crippen LogP contribution in [0.25, 0.3) is 0 Å². The summed E-state index contributed by atoms with van der Waals surface area (Å²) in [6.45, 7) is 4.68. The smallest absolute Gasteiger partial charge is 0.236 e. The summed E-state index contributed by atoms with van der Waals surface area (Å²) in [5.41, 5.74) is 1.54. The number of fused-ring (bicyclic) bond motifs is 2. The number of anilines is 2. The molecule has 1 atom stereocenters. The molecule has 1 unspecified atom stereocenters. The normalized spacial score (nSPS) is 22.2. The molecule has 2 aromatic rings. The first-order chi connectivity index (χ1) is 11.7. The Hall–Kier alpha value is -2.41. The maximum Gasteiger partial charge on any atom is 0.236 e. The van der Waals surface area contributed by atoms with E-state index in [1.54, 1.807) is 7.11 Å². The van der Waals surface area contributed by atoms with Gasteiger partial charge >= 0.3 is 0 Å². The molecule has 0 aliphatic carbocycles. The average Bonchev–Trinajstić information content (AvgIpc) is 3.26. The third-order valence-electron chi connectivity index (χ3n) is 5.08. The van der Waals surface area contributed by atoms with Crippen molar-refractivity contribution in [1.29, 1.82) is 0 Å². The molecule has 0 bridgehead atoms. The fourth-order valence-corrected chi connectivity index (χ4v) is 3.88. The minimum atomic E-state index is -0.484. The van der Waals surface area contributed by atoms with Crippen molar-refractivity contribution < 1.29 is 9.53 Å².